The van der Waals surface area contributed by atoms with E-state index in [0.717, 1.165) is 36.3 Å². The maximum Gasteiger partial charge on any atom is 0.280 e. The molecule has 0 saturated carbocycles. The van der Waals surface area contributed by atoms with Crippen LogP contribution in [-0.2, 0) is 22.6 Å². The zero-order valence-corrected chi connectivity index (χ0v) is 17.1. The van der Waals surface area contributed by atoms with Crippen LogP contribution < -0.4 is 10.9 Å². The quantitative estimate of drug-likeness (QED) is 0.500. The Morgan fingerprint density at radius 2 is 2.07 bits per heavy atom. The summed E-state index contributed by atoms with van der Waals surface area (Å²) in [5.74, 6) is 0.510. The highest BCUT2D eigenvalue weighted by Crippen LogP contribution is 2.23. The van der Waals surface area contributed by atoms with E-state index in [4.69, 9.17) is 14.7 Å². The first-order valence-electron chi connectivity index (χ1n) is 9.65. The van der Waals surface area contributed by atoms with Crippen molar-refractivity contribution in [1.82, 2.24) is 20.1 Å². The number of nitrogens with one attached hydrogen (secondary N) is 2. The van der Waals surface area contributed by atoms with E-state index < -0.39 is 0 Å². The van der Waals surface area contributed by atoms with Crippen LogP contribution >= 0.6 is 0 Å². The summed E-state index contributed by atoms with van der Waals surface area (Å²) in [6.07, 6.45) is 4.35. The molecule has 2 aromatic heterocycles. The molecule has 156 valence electrons. The molecule has 0 unspecified atom stereocenters. The van der Waals surface area contributed by atoms with E-state index in [1.807, 2.05) is 12.1 Å². The average Bonchev–Trinajstić information content (AvgIpc) is 3.15. The van der Waals surface area contributed by atoms with E-state index in [2.05, 4.69) is 21.5 Å². The molecule has 2 N–H and O–H groups in total. The van der Waals surface area contributed by atoms with E-state index in [1.165, 1.54) is 4.68 Å². The molecular formula is C22H25N5O3. The summed E-state index contributed by atoms with van der Waals surface area (Å²) < 4.78 is 11.7. The number of aromatic nitrogens is 3. The topological polar surface area (TPSA) is 105 Å². The number of nitriles is 1. The van der Waals surface area contributed by atoms with Gasteiger partial charge in [0.2, 0.25) is 0 Å². The zero-order valence-electron chi connectivity index (χ0n) is 17.1. The van der Waals surface area contributed by atoms with Crippen molar-refractivity contribution in [3.05, 3.63) is 69.8 Å². The molecule has 0 saturated heterocycles. The summed E-state index contributed by atoms with van der Waals surface area (Å²) >= 11 is 0. The highest BCUT2D eigenvalue weighted by atomic mass is 16.5. The third-order valence-electron chi connectivity index (χ3n) is 4.67. The largest absolute Gasteiger partial charge is 0.385 e. The first kappa shape index (κ1) is 21.5. The van der Waals surface area contributed by atoms with E-state index in [9.17, 15) is 4.79 Å². The van der Waals surface area contributed by atoms with Crippen molar-refractivity contribution in [2.45, 2.75) is 19.6 Å². The molecule has 0 aliphatic rings. The van der Waals surface area contributed by atoms with Gasteiger partial charge >= 0.3 is 0 Å². The van der Waals surface area contributed by atoms with Crippen molar-refractivity contribution in [3.8, 4) is 23.0 Å². The van der Waals surface area contributed by atoms with Crippen molar-refractivity contribution in [2.75, 3.05) is 27.4 Å². The molecule has 30 heavy (non-hydrogen) atoms. The van der Waals surface area contributed by atoms with Crippen LogP contribution in [0.15, 0.2) is 47.5 Å². The summed E-state index contributed by atoms with van der Waals surface area (Å²) in [7, 11) is 3.27. The van der Waals surface area contributed by atoms with Gasteiger partial charge in [-0.2, -0.15) is 5.26 Å². The lowest BCUT2D eigenvalue weighted by molar-refractivity contribution is 0.185. The first-order valence-corrected chi connectivity index (χ1v) is 9.65. The zero-order chi connectivity index (χ0) is 21.3. The third kappa shape index (κ3) is 5.02. The Hall–Kier alpha value is -3.25. The summed E-state index contributed by atoms with van der Waals surface area (Å²) in [6, 6.07) is 11.1. The van der Waals surface area contributed by atoms with Gasteiger partial charge in [-0.1, -0.05) is 12.1 Å². The average molecular weight is 407 g/mol. The predicted octanol–water partition coefficient (Wildman–Crippen LogP) is 2.37. The first-order chi connectivity index (χ1) is 14.7. The molecule has 2 heterocycles. The molecule has 0 bridgehead atoms. The molecule has 8 nitrogen and oxygen atoms in total. The van der Waals surface area contributed by atoms with Crippen LogP contribution in [0.25, 0.3) is 16.9 Å². The number of pyridine rings is 1. The van der Waals surface area contributed by atoms with Gasteiger partial charge < -0.3 is 14.8 Å². The number of hydrogen-bond acceptors (Lipinski definition) is 6. The van der Waals surface area contributed by atoms with Gasteiger partial charge in [-0.3, -0.25) is 9.89 Å². The fourth-order valence-electron chi connectivity index (χ4n) is 3.16. The van der Waals surface area contributed by atoms with Gasteiger partial charge in [0.15, 0.2) is 5.82 Å². The van der Waals surface area contributed by atoms with Crippen LogP contribution in [0.5, 0.6) is 0 Å². The summed E-state index contributed by atoms with van der Waals surface area (Å²) in [6.45, 7) is 2.60. The lowest BCUT2D eigenvalue weighted by atomic mass is 10.0. The number of hydrogen-bond donors (Lipinski definition) is 2. The van der Waals surface area contributed by atoms with E-state index in [-0.39, 0.29) is 5.56 Å². The fourth-order valence-corrected chi connectivity index (χ4v) is 3.16. The molecule has 0 spiro atoms. The smallest absolute Gasteiger partial charge is 0.280 e. The van der Waals surface area contributed by atoms with Crippen LogP contribution in [-0.4, -0.2) is 42.1 Å². The standard InChI is InChI=1S/C22H25N5O3/c1-29-9-3-8-24-12-17-5-7-21(25-13-17)27-22(28)20(14-26-27)19-6-4-16(11-23)10-18(19)15-30-2/h4-7,10,13-14,24,26H,3,8-9,12,15H2,1-2H3. The Kier molecular flexibility index (Phi) is 7.51. The molecule has 0 fully saturated rings. The summed E-state index contributed by atoms with van der Waals surface area (Å²) in [5.41, 5.74) is 3.35. The van der Waals surface area contributed by atoms with Crippen molar-refractivity contribution in [1.29, 1.82) is 5.26 Å². The summed E-state index contributed by atoms with van der Waals surface area (Å²) in [4.78, 5) is 17.4. The second-order valence-electron chi connectivity index (χ2n) is 6.79. The van der Waals surface area contributed by atoms with Crippen molar-refractivity contribution in [2.24, 2.45) is 0 Å². The highest BCUT2D eigenvalue weighted by Gasteiger charge is 2.14. The van der Waals surface area contributed by atoms with Gasteiger partial charge in [0.25, 0.3) is 5.56 Å². The van der Waals surface area contributed by atoms with Crippen molar-refractivity contribution < 1.29 is 9.47 Å². The normalized spacial score (nSPS) is 10.8. The maximum absolute atomic E-state index is 13.0. The molecule has 0 atom stereocenters. The monoisotopic (exact) mass is 407 g/mol. The van der Waals surface area contributed by atoms with Crippen LogP contribution in [0, 0.1) is 11.3 Å². The molecule has 0 amide bonds. The number of rotatable bonds is 10. The number of methoxy groups -OCH3 is 2. The Labute approximate surface area is 175 Å². The molecule has 0 radical (unpaired) electrons. The second kappa shape index (κ2) is 10.5. The number of benzene rings is 1. The van der Waals surface area contributed by atoms with Gasteiger partial charge in [-0.05, 0) is 47.9 Å². The second-order valence-corrected chi connectivity index (χ2v) is 6.79. The van der Waals surface area contributed by atoms with Gasteiger partial charge in [0.1, 0.15) is 0 Å². The lowest BCUT2D eigenvalue weighted by Gasteiger charge is -2.07. The number of nitrogens with zero attached hydrogens (tertiary/aromatic N) is 3. The Bertz CT molecular complexity index is 1060. The van der Waals surface area contributed by atoms with Gasteiger partial charge in [-0.15, -0.1) is 0 Å². The highest BCUT2D eigenvalue weighted by molar-refractivity contribution is 5.67. The lowest BCUT2D eigenvalue weighted by Crippen LogP contribution is -2.18. The van der Waals surface area contributed by atoms with Crippen LogP contribution in [0.3, 0.4) is 0 Å². The maximum atomic E-state index is 13.0. The molecule has 3 rings (SSSR count). The minimum absolute atomic E-state index is 0.213. The van der Waals surface area contributed by atoms with Gasteiger partial charge in [-0.25, -0.2) is 9.67 Å². The van der Waals surface area contributed by atoms with E-state index in [1.54, 1.807) is 44.8 Å². The predicted molar refractivity (Wildman–Crippen MR) is 113 cm³/mol. The Balaban J connectivity index is 1.79. The van der Waals surface area contributed by atoms with Crippen molar-refractivity contribution >= 4 is 0 Å². The molecule has 0 aliphatic carbocycles. The number of H-pyrrole nitrogens is 1. The van der Waals surface area contributed by atoms with Gasteiger partial charge in [0.05, 0.1) is 23.8 Å². The third-order valence-corrected chi connectivity index (χ3v) is 4.67. The van der Waals surface area contributed by atoms with Crippen molar-refractivity contribution in [3.63, 3.8) is 0 Å². The minimum atomic E-state index is -0.213. The van der Waals surface area contributed by atoms with E-state index in [0.29, 0.717) is 30.1 Å². The van der Waals surface area contributed by atoms with Gasteiger partial charge in [0, 0.05) is 39.8 Å². The van der Waals surface area contributed by atoms with Crippen LogP contribution in [0.2, 0.25) is 0 Å². The molecule has 8 heteroatoms. The molecular weight excluding hydrogens is 382 g/mol. The number of aromatic amines is 1. The molecule has 1 aromatic carbocycles. The van der Waals surface area contributed by atoms with E-state index >= 15 is 0 Å². The number of ether oxygens (including phenoxy) is 2. The SMILES string of the molecule is COCCCNCc1ccc(-n2[nH]cc(-c3ccc(C#N)cc3COC)c2=O)nc1. The summed E-state index contributed by atoms with van der Waals surface area (Å²) in [5, 5.41) is 15.4. The fraction of sp³-hybridized carbons (Fsp3) is 0.318. The molecule has 0 aliphatic heterocycles. The molecule has 3 aromatic rings. The Morgan fingerprint density at radius 3 is 2.77 bits per heavy atom. The van der Waals surface area contributed by atoms with Crippen LogP contribution in [0.4, 0.5) is 0 Å². The van der Waals surface area contributed by atoms with Crippen LogP contribution in [0.1, 0.15) is 23.1 Å². The Morgan fingerprint density at radius 1 is 1.20 bits per heavy atom. The minimum Gasteiger partial charge on any atom is -0.385 e.